The topological polar surface area (TPSA) is 79.1 Å². The Morgan fingerprint density at radius 1 is 1.00 bits per heavy atom. The summed E-state index contributed by atoms with van der Waals surface area (Å²) in [5.41, 5.74) is 0.726. The number of para-hydroxylation sites is 2. The number of ether oxygens (including phenoxy) is 3. The maximum absolute atomic E-state index is 12.5. The molecule has 0 fully saturated rings. The molecule has 3 rings (SSSR count). The van der Waals surface area contributed by atoms with Gasteiger partial charge in [0.05, 0.1) is 30.9 Å². The summed E-state index contributed by atoms with van der Waals surface area (Å²) in [6.45, 7) is 4.58. The summed E-state index contributed by atoms with van der Waals surface area (Å²) < 4.78 is 18.9. The lowest BCUT2D eigenvalue weighted by Gasteiger charge is -2.09. The molecule has 1 aromatic heterocycles. The number of carbonyl (C=O) groups excluding carboxylic acids is 2. The number of rotatable bonds is 9. The third-order valence-corrected chi connectivity index (χ3v) is 5.15. The van der Waals surface area contributed by atoms with Crippen LogP contribution in [0.2, 0.25) is 0 Å². The van der Waals surface area contributed by atoms with Gasteiger partial charge in [-0.1, -0.05) is 35.6 Å². The molecule has 0 N–H and O–H groups in total. The number of carbonyl (C=O) groups is 2. The number of benzene rings is 2. The highest BCUT2D eigenvalue weighted by molar-refractivity contribution is 7.16. The zero-order valence-electron chi connectivity index (χ0n) is 17.0. The van der Waals surface area contributed by atoms with Gasteiger partial charge in [0.25, 0.3) is 5.91 Å². The number of esters is 1. The number of hydrogen-bond acceptors (Lipinski definition) is 6. The molecule has 0 aliphatic carbocycles. The molecule has 0 saturated heterocycles. The van der Waals surface area contributed by atoms with Crippen LogP contribution >= 0.6 is 11.3 Å². The first-order chi connectivity index (χ1) is 14.6. The van der Waals surface area contributed by atoms with E-state index in [1.165, 1.54) is 11.3 Å². The van der Waals surface area contributed by atoms with Crippen molar-refractivity contribution in [1.82, 2.24) is 4.57 Å². The van der Waals surface area contributed by atoms with Crippen LogP contribution in [0.5, 0.6) is 11.5 Å². The molecule has 1 heterocycles. The van der Waals surface area contributed by atoms with Crippen molar-refractivity contribution < 1.29 is 23.8 Å². The van der Waals surface area contributed by atoms with Crippen molar-refractivity contribution in [2.45, 2.75) is 26.8 Å². The Kier molecular flexibility index (Phi) is 7.62. The van der Waals surface area contributed by atoms with E-state index in [2.05, 4.69) is 4.99 Å². The monoisotopic (exact) mass is 428 g/mol. The van der Waals surface area contributed by atoms with Crippen molar-refractivity contribution in [3.8, 4) is 11.5 Å². The number of hydrogen-bond donors (Lipinski definition) is 0. The van der Waals surface area contributed by atoms with Crippen molar-refractivity contribution >= 4 is 33.4 Å². The number of fused-ring (bicyclic) bond motifs is 1. The second-order valence-corrected chi connectivity index (χ2v) is 7.24. The molecule has 7 nitrogen and oxygen atoms in total. The molecular formula is C22H24N2O5S. The fourth-order valence-electron chi connectivity index (χ4n) is 2.87. The maximum atomic E-state index is 12.5. The Bertz CT molecular complexity index is 1070. The summed E-state index contributed by atoms with van der Waals surface area (Å²) >= 11 is 1.33. The molecule has 0 saturated carbocycles. The predicted octanol–water partition coefficient (Wildman–Crippen LogP) is 3.56. The molecule has 0 aliphatic rings. The van der Waals surface area contributed by atoms with Crippen LogP contribution in [-0.2, 0) is 20.9 Å². The van der Waals surface area contributed by atoms with Gasteiger partial charge in [-0.3, -0.25) is 9.59 Å². The Morgan fingerprint density at radius 2 is 1.80 bits per heavy atom. The van der Waals surface area contributed by atoms with E-state index in [4.69, 9.17) is 14.2 Å². The Morgan fingerprint density at radius 3 is 2.53 bits per heavy atom. The number of aromatic nitrogens is 1. The van der Waals surface area contributed by atoms with E-state index in [0.717, 1.165) is 10.2 Å². The zero-order chi connectivity index (χ0) is 21.3. The van der Waals surface area contributed by atoms with E-state index < -0.39 is 5.97 Å². The molecule has 2 aromatic carbocycles. The smallest absolute Gasteiger partial charge is 0.326 e. The van der Waals surface area contributed by atoms with Crippen LogP contribution in [0.1, 0.15) is 20.3 Å². The van der Waals surface area contributed by atoms with Crippen molar-refractivity contribution in [1.29, 1.82) is 0 Å². The van der Waals surface area contributed by atoms with Crippen molar-refractivity contribution in [3.05, 3.63) is 53.3 Å². The third kappa shape index (κ3) is 5.48. The van der Waals surface area contributed by atoms with Gasteiger partial charge in [-0.2, -0.15) is 4.99 Å². The standard InChI is InChI=1S/C22H24N2O5S/c1-3-27-17-11-8-12-18-21(17)24(15-20(26)28-4-2)22(30-18)23-19(25)13-14-29-16-9-6-5-7-10-16/h5-12H,3-4,13-15H2,1-2H3. The molecule has 0 spiro atoms. The first-order valence-corrected chi connectivity index (χ1v) is 10.6. The molecular weight excluding hydrogens is 404 g/mol. The maximum Gasteiger partial charge on any atom is 0.326 e. The lowest BCUT2D eigenvalue weighted by atomic mass is 10.3. The van der Waals surface area contributed by atoms with Gasteiger partial charge in [0.1, 0.15) is 23.6 Å². The van der Waals surface area contributed by atoms with Gasteiger partial charge in [0.15, 0.2) is 4.80 Å². The summed E-state index contributed by atoms with van der Waals surface area (Å²) in [5.74, 6) is 0.612. The lowest BCUT2D eigenvalue weighted by Crippen LogP contribution is -2.23. The van der Waals surface area contributed by atoms with Crippen LogP contribution < -0.4 is 14.3 Å². The van der Waals surface area contributed by atoms with Gasteiger partial charge in [0.2, 0.25) is 0 Å². The Labute approximate surface area is 178 Å². The van der Waals surface area contributed by atoms with Crippen molar-refractivity contribution in [2.24, 2.45) is 4.99 Å². The van der Waals surface area contributed by atoms with Crippen LogP contribution in [0.15, 0.2) is 53.5 Å². The van der Waals surface area contributed by atoms with Gasteiger partial charge >= 0.3 is 5.97 Å². The molecule has 8 heteroatoms. The predicted molar refractivity (Wildman–Crippen MR) is 115 cm³/mol. The molecule has 0 unspecified atom stereocenters. The molecule has 3 aromatic rings. The summed E-state index contributed by atoms with van der Waals surface area (Å²) in [7, 11) is 0. The zero-order valence-corrected chi connectivity index (χ0v) is 17.8. The Balaban J connectivity index is 1.87. The van der Waals surface area contributed by atoms with Crippen molar-refractivity contribution in [3.63, 3.8) is 0 Å². The normalized spacial score (nSPS) is 11.5. The summed E-state index contributed by atoms with van der Waals surface area (Å²) in [6.07, 6.45) is 0.126. The molecule has 0 aliphatic heterocycles. The quantitative estimate of drug-likeness (QED) is 0.487. The number of thiazole rings is 1. The van der Waals surface area contributed by atoms with Gasteiger partial charge in [-0.25, -0.2) is 0 Å². The fourth-order valence-corrected chi connectivity index (χ4v) is 3.94. The molecule has 0 radical (unpaired) electrons. The molecule has 0 atom stereocenters. The van der Waals surface area contributed by atoms with Crippen LogP contribution in [0.4, 0.5) is 0 Å². The van der Waals surface area contributed by atoms with E-state index in [-0.39, 0.29) is 32.1 Å². The lowest BCUT2D eigenvalue weighted by molar-refractivity contribution is -0.143. The highest BCUT2D eigenvalue weighted by Gasteiger charge is 2.16. The highest BCUT2D eigenvalue weighted by Crippen LogP contribution is 2.27. The van der Waals surface area contributed by atoms with Crippen LogP contribution in [0.3, 0.4) is 0 Å². The first-order valence-electron chi connectivity index (χ1n) is 9.78. The minimum absolute atomic E-state index is 0.0510. The van der Waals surface area contributed by atoms with Crippen LogP contribution in [0, 0.1) is 0 Å². The number of nitrogens with zero attached hydrogens (tertiary/aromatic N) is 2. The second-order valence-electron chi connectivity index (χ2n) is 6.23. The van der Waals surface area contributed by atoms with E-state index in [0.29, 0.717) is 22.9 Å². The first kappa shape index (κ1) is 21.6. The Hall–Kier alpha value is -3.13. The average molecular weight is 429 g/mol. The SMILES string of the molecule is CCOC(=O)Cn1c(=NC(=O)CCOc2ccccc2)sc2cccc(OCC)c21. The molecule has 30 heavy (non-hydrogen) atoms. The second kappa shape index (κ2) is 10.6. The van der Waals surface area contributed by atoms with E-state index >= 15 is 0 Å². The summed E-state index contributed by atoms with van der Waals surface area (Å²) in [6, 6.07) is 14.9. The minimum atomic E-state index is -0.398. The minimum Gasteiger partial charge on any atom is -0.493 e. The van der Waals surface area contributed by atoms with Gasteiger partial charge in [-0.05, 0) is 38.1 Å². The van der Waals surface area contributed by atoms with Crippen LogP contribution in [-0.4, -0.2) is 36.3 Å². The van der Waals surface area contributed by atoms with E-state index in [1.54, 1.807) is 11.5 Å². The fraction of sp³-hybridized carbons (Fsp3) is 0.318. The van der Waals surface area contributed by atoms with Gasteiger partial charge < -0.3 is 18.8 Å². The average Bonchev–Trinajstić information content (AvgIpc) is 3.07. The number of amides is 1. The van der Waals surface area contributed by atoms with E-state index in [1.807, 2.05) is 55.5 Å². The van der Waals surface area contributed by atoms with Gasteiger partial charge in [-0.15, -0.1) is 0 Å². The third-order valence-electron chi connectivity index (χ3n) is 4.10. The van der Waals surface area contributed by atoms with Gasteiger partial charge in [0, 0.05) is 0 Å². The molecule has 0 bridgehead atoms. The van der Waals surface area contributed by atoms with Crippen LogP contribution in [0.25, 0.3) is 10.2 Å². The van der Waals surface area contributed by atoms with E-state index in [9.17, 15) is 9.59 Å². The summed E-state index contributed by atoms with van der Waals surface area (Å²) in [5, 5.41) is 0. The summed E-state index contributed by atoms with van der Waals surface area (Å²) in [4.78, 5) is 29.3. The highest BCUT2D eigenvalue weighted by atomic mass is 32.1. The molecule has 158 valence electrons. The molecule has 1 amide bonds. The largest absolute Gasteiger partial charge is 0.493 e. The van der Waals surface area contributed by atoms with Crippen molar-refractivity contribution in [2.75, 3.05) is 19.8 Å².